The van der Waals surface area contributed by atoms with E-state index in [9.17, 15) is 0 Å². The predicted molar refractivity (Wildman–Crippen MR) is 58.3 cm³/mol. The zero-order valence-corrected chi connectivity index (χ0v) is 9.30. The molecule has 0 radical (unpaired) electrons. The fourth-order valence-corrected chi connectivity index (χ4v) is 2.43. The molecule has 0 aromatic heterocycles. The summed E-state index contributed by atoms with van der Waals surface area (Å²) in [6.07, 6.45) is 6.93. The van der Waals surface area contributed by atoms with Gasteiger partial charge in [0.25, 0.3) is 0 Å². The van der Waals surface area contributed by atoms with E-state index in [1.807, 2.05) is 0 Å². The van der Waals surface area contributed by atoms with Crippen molar-refractivity contribution in [3.8, 4) is 0 Å². The Hall–Kier alpha value is -0.0800. The summed E-state index contributed by atoms with van der Waals surface area (Å²) in [5, 5.41) is 3.67. The maximum Gasteiger partial charge on any atom is 0.0506 e. The van der Waals surface area contributed by atoms with Crippen molar-refractivity contribution in [3.05, 3.63) is 0 Å². The standard InChI is InChI=1S/C12H23NO/c1-10(12-5-2-6-12)13-8-11-4-3-7-14-9-11/h10-13H,2-9H2,1H3. The minimum absolute atomic E-state index is 0.727. The van der Waals surface area contributed by atoms with Gasteiger partial charge in [-0.2, -0.15) is 0 Å². The van der Waals surface area contributed by atoms with E-state index in [-0.39, 0.29) is 0 Å². The number of hydrogen-bond acceptors (Lipinski definition) is 2. The van der Waals surface area contributed by atoms with Crippen LogP contribution in [-0.4, -0.2) is 25.8 Å². The normalized spacial score (nSPS) is 31.1. The van der Waals surface area contributed by atoms with Crippen molar-refractivity contribution in [3.63, 3.8) is 0 Å². The first-order valence-corrected chi connectivity index (χ1v) is 6.17. The van der Waals surface area contributed by atoms with Gasteiger partial charge in [-0.25, -0.2) is 0 Å². The Bertz CT molecular complexity index is 160. The molecule has 1 N–H and O–H groups in total. The van der Waals surface area contributed by atoms with Crippen molar-refractivity contribution in [1.82, 2.24) is 5.32 Å². The van der Waals surface area contributed by atoms with E-state index in [2.05, 4.69) is 12.2 Å². The maximum atomic E-state index is 5.48. The molecular formula is C12H23NO. The van der Waals surface area contributed by atoms with E-state index in [1.54, 1.807) is 0 Å². The van der Waals surface area contributed by atoms with E-state index in [0.29, 0.717) is 0 Å². The van der Waals surface area contributed by atoms with Gasteiger partial charge in [0.2, 0.25) is 0 Å². The van der Waals surface area contributed by atoms with Gasteiger partial charge < -0.3 is 10.1 Å². The van der Waals surface area contributed by atoms with Crippen LogP contribution < -0.4 is 5.32 Å². The molecule has 1 aliphatic heterocycles. The summed E-state index contributed by atoms with van der Waals surface area (Å²) in [7, 11) is 0. The molecular weight excluding hydrogens is 174 g/mol. The third-order valence-electron chi connectivity index (χ3n) is 3.84. The minimum Gasteiger partial charge on any atom is -0.381 e. The second-order valence-corrected chi connectivity index (χ2v) is 4.97. The summed E-state index contributed by atoms with van der Waals surface area (Å²) < 4.78 is 5.48. The van der Waals surface area contributed by atoms with Gasteiger partial charge in [-0.15, -0.1) is 0 Å². The molecule has 0 aromatic rings. The summed E-state index contributed by atoms with van der Waals surface area (Å²) in [6, 6.07) is 0.727. The molecule has 1 heterocycles. The molecule has 0 aromatic carbocycles. The molecule has 2 atom stereocenters. The van der Waals surface area contributed by atoms with Crippen molar-refractivity contribution in [1.29, 1.82) is 0 Å². The lowest BCUT2D eigenvalue weighted by Gasteiger charge is -2.33. The molecule has 2 rings (SSSR count). The Kier molecular flexibility index (Phi) is 3.82. The highest BCUT2D eigenvalue weighted by molar-refractivity contribution is 4.80. The van der Waals surface area contributed by atoms with E-state index >= 15 is 0 Å². The van der Waals surface area contributed by atoms with Gasteiger partial charge >= 0.3 is 0 Å². The fraction of sp³-hybridized carbons (Fsp3) is 1.00. The van der Waals surface area contributed by atoms with Crippen LogP contribution in [0.15, 0.2) is 0 Å². The lowest BCUT2D eigenvalue weighted by Crippen LogP contribution is -2.40. The van der Waals surface area contributed by atoms with Gasteiger partial charge in [0.1, 0.15) is 0 Å². The second-order valence-electron chi connectivity index (χ2n) is 4.97. The fourth-order valence-electron chi connectivity index (χ4n) is 2.43. The highest BCUT2D eigenvalue weighted by Gasteiger charge is 2.24. The SMILES string of the molecule is CC(NCC1CCCOC1)C1CCC1. The van der Waals surface area contributed by atoms with E-state index < -0.39 is 0 Å². The Morgan fingerprint density at radius 1 is 1.29 bits per heavy atom. The third kappa shape index (κ3) is 2.71. The molecule has 1 saturated carbocycles. The van der Waals surface area contributed by atoms with Crippen LogP contribution in [0, 0.1) is 11.8 Å². The van der Waals surface area contributed by atoms with Crippen LogP contribution in [0.25, 0.3) is 0 Å². The Balaban J connectivity index is 1.60. The quantitative estimate of drug-likeness (QED) is 0.746. The molecule has 2 nitrogen and oxygen atoms in total. The van der Waals surface area contributed by atoms with E-state index in [0.717, 1.165) is 37.6 Å². The maximum absolute atomic E-state index is 5.48. The predicted octanol–water partition coefficient (Wildman–Crippen LogP) is 2.19. The summed E-state index contributed by atoms with van der Waals surface area (Å²) in [4.78, 5) is 0. The van der Waals surface area contributed by atoms with Gasteiger partial charge in [-0.1, -0.05) is 6.42 Å². The molecule has 2 fully saturated rings. The van der Waals surface area contributed by atoms with E-state index in [4.69, 9.17) is 4.74 Å². The highest BCUT2D eigenvalue weighted by Crippen LogP contribution is 2.29. The first-order valence-electron chi connectivity index (χ1n) is 6.17. The molecule has 2 heteroatoms. The van der Waals surface area contributed by atoms with Gasteiger partial charge in [-0.05, 0) is 44.4 Å². The van der Waals surface area contributed by atoms with Crippen molar-refractivity contribution < 1.29 is 4.74 Å². The summed E-state index contributed by atoms with van der Waals surface area (Å²) >= 11 is 0. The summed E-state index contributed by atoms with van der Waals surface area (Å²) in [5.74, 6) is 1.73. The Labute approximate surface area is 87.4 Å². The molecule has 2 aliphatic rings. The number of hydrogen-bond donors (Lipinski definition) is 1. The summed E-state index contributed by atoms with van der Waals surface area (Å²) in [6.45, 7) is 5.46. The molecule has 14 heavy (non-hydrogen) atoms. The number of nitrogens with one attached hydrogen (secondary N) is 1. The molecule has 0 bridgehead atoms. The van der Waals surface area contributed by atoms with Crippen molar-refractivity contribution >= 4 is 0 Å². The van der Waals surface area contributed by atoms with E-state index in [1.165, 1.54) is 32.1 Å². The topological polar surface area (TPSA) is 21.3 Å². The zero-order valence-electron chi connectivity index (χ0n) is 9.30. The molecule has 1 aliphatic carbocycles. The number of ether oxygens (including phenoxy) is 1. The first kappa shape index (κ1) is 10.4. The van der Waals surface area contributed by atoms with Crippen molar-refractivity contribution in [2.24, 2.45) is 11.8 Å². The smallest absolute Gasteiger partial charge is 0.0506 e. The van der Waals surface area contributed by atoms with Gasteiger partial charge in [0.05, 0.1) is 6.61 Å². The first-order chi connectivity index (χ1) is 6.86. The van der Waals surface area contributed by atoms with Crippen molar-refractivity contribution in [2.75, 3.05) is 19.8 Å². The third-order valence-corrected chi connectivity index (χ3v) is 3.84. The Morgan fingerprint density at radius 3 is 2.71 bits per heavy atom. The molecule has 1 saturated heterocycles. The zero-order chi connectivity index (χ0) is 9.80. The average Bonchev–Trinajstić information content (AvgIpc) is 2.14. The Morgan fingerprint density at radius 2 is 2.14 bits per heavy atom. The average molecular weight is 197 g/mol. The van der Waals surface area contributed by atoms with Crippen LogP contribution in [0.5, 0.6) is 0 Å². The van der Waals surface area contributed by atoms with Crippen LogP contribution in [0.2, 0.25) is 0 Å². The molecule has 0 amide bonds. The van der Waals surface area contributed by atoms with Crippen LogP contribution in [0.1, 0.15) is 39.0 Å². The lowest BCUT2D eigenvalue weighted by molar-refractivity contribution is 0.0523. The van der Waals surface area contributed by atoms with Crippen LogP contribution >= 0.6 is 0 Å². The van der Waals surface area contributed by atoms with Crippen molar-refractivity contribution in [2.45, 2.75) is 45.1 Å². The number of rotatable bonds is 4. The monoisotopic (exact) mass is 197 g/mol. The van der Waals surface area contributed by atoms with Gasteiger partial charge in [0, 0.05) is 19.2 Å². The molecule has 82 valence electrons. The van der Waals surface area contributed by atoms with Crippen LogP contribution in [0.3, 0.4) is 0 Å². The molecule has 2 unspecified atom stereocenters. The second kappa shape index (κ2) is 5.13. The van der Waals surface area contributed by atoms with Crippen LogP contribution in [-0.2, 0) is 4.74 Å². The van der Waals surface area contributed by atoms with Gasteiger partial charge in [-0.3, -0.25) is 0 Å². The largest absolute Gasteiger partial charge is 0.381 e. The van der Waals surface area contributed by atoms with Crippen LogP contribution in [0.4, 0.5) is 0 Å². The van der Waals surface area contributed by atoms with Gasteiger partial charge in [0.15, 0.2) is 0 Å². The lowest BCUT2D eigenvalue weighted by atomic mass is 9.80. The molecule has 0 spiro atoms. The summed E-state index contributed by atoms with van der Waals surface area (Å²) in [5.41, 5.74) is 0. The highest BCUT2D eigenvalue weighted by atomic mass is 16.5. The minimum atomic E-state index is 0.727.